The van der Waals surface area contributed by atoms with Crippen molar-refractivity contribution >= 4 is 34.8 Å². The first kappa shape index (κ1) is 11.4. The fourth-order valence-corrected chi connectivity index (χ4v) is 1.99. The maximum absolute atomic E-state index is 11.9. The van der Waals surface area contributed by atoms with E-state index in [2.05, 4.69) is 0 Å². The van der Waals surface area contributed by atoms with Gasteiger partial charge in [0.05, 0.1) is 10.0 Å². The van der Waals surface area contributed by atoms with Crippen molar-refractivity contribution in [3.05, 3.63) is 44.5 Å². The topological polar surface area (TPSA) is 34.1 Å². The highest BCUT2D eigenvalue weighted by molar-refractivity contribution is 6.43. The van der Waals surface area contributed by atoms with Crippen LogP contribution in [0.2, 0.25) is 10.0 Å². The third-order valence-electron chi connectivity index (χ3n) is 2.79. The maximum Gasteiger partial charge on any atom is 0.189 e. The molecular formula is C12H8Cl2O2. The molecule has 0 aromatic heterocycles. The molecule has 2 rings (SSSR count). The number of fused-ring (bicyclic) bond motifs is 1. The van der Waals surface area contributed by atoms with Crippen LogP contribution in [0.4, 0.5) is 0 Å². The summed E-state index contributed by atoms with van der Waals surface area (Å²) in [4.78, 5) is 23.8. The van der Waals surface area contributed by atoms with Crippen LogP contribution in [0.25, 0.3) is 0 Å². The lowest BCUT2D eigenvalue weighted by atomic mass is 9.85. The summed E-state index contributed by atoms with van der Waals surface area (Å²) in [6, 6.07) is 2.91. The predicted molar refractivity (Wildman–Crippen MR) is 63.5 cm³/mol. The predicted octanol–water partition coefficient (Wildman–Crippen LogP) is 3.71. The Hall–Kier alpha value is -1.12. The van der Waals surface area contributed by atoms with Gasteiger partial charge in [-0.2, -0.15) is 0 Å². The number of benzene rings is 1. The fraction of sp³-hybridized carbons (Fsp3) is 0.167. The van der Waals surface area contributed by atoms with E-state index < -0.39 is 0 Å². The Balaban J connectivity index is 2.76. The molecule has 0 atom stereocenters. The van der Waals surface area contributed by atoms with Gasteiger partial charge in [0.1, 0.15) is 0 Å². The zero-order chi connectivity index (χ0) is 12.0. The first-order valence-corrected chi connectivity index (χ1v) is 5.45. The monoisotopic (exact) mass is 254 g/mol. The molecule has 0 saturated carbocycles. The molecule has 1 aliphatic carbocycles. The molecule has 1 aromatic rings. The number of rotatable bonds is 0. The number of allylic oxidation sites excluding steroid dienone is 2. The molecule has 0 heterocycles. The van der Waals surface area contributed by atoms with Crippen LogP contribution in [0, 0.1) is 0 Å². The van der Waals surface area contributed by atoms with Crippen molar-refractivity contribution in [2.75, 3.05) is 0 Å². The fourth-order valence-electron chi connectivity index (χ4n) is 1.67. The lowest BCUT2D eigenvalue weighted by Gasteiger charge is -2.17. The number of carbonyl (C=O) groups excluding carboxylic acids is 2. The summed E-state index contributed by atoms with van der Waals surface area (Å²) >= 11 is 11.7. The Bertz CT molecular complexity index is 507. The zero-order valence-electron chi connectivity index (χ0n) is 8.73. The van der Waals surface area contributed by atoms with E-state index in [0.717, 1.165) is 0 Å². The average Bonchev–Trinajstić information content (AvgIpc) is 2.26. The SMILES string of the molecule is CC1=C(C)C(=O)c2cc(Cl)c(Cl)cc2C1=O. The average molecular weight is 255 g/mol. The maximum atomic E-state index is 11.9. The molecule has 0 aliphatic heterocycles. The number of hydrogen-bond donors (Lipinski definition) is 0. The van der Waals surface area contributed by atoms with Gasteiger partial charge in [0.2, 0.25) is 0 Å². The van der Waals surface area contributed by atoms with E-state index in [4.69, 9.17) is 23.2 Å². The third kappa shape index (κ3) is 1.49. The summed E-state index contributed by atoms with van der Waals surface area (Å²) in [5.74, 6) is -0.323. The molecule has 0 unspecified atom stereocenters. The van der Waals surface area contributed by atoms with Gasteiger partial charge in [-0.05, 0) is 26.0 Å². The first-order chi connectivity index (χ1) is 7.43. The molecule has 0 spiro atoms. The highest BCUT2D eigenvalue weighted by Gasteiger charge is 2.28. The Morgan fingerprint density at radius 3 is 1.44 bits per heavy atom. The second kappa shape index (κ2) is 3.72. The van der Waals surface area contributed by atoms with Gasteiger partial charge in [-0.15, -0.1) is 0 Å². The van der Waals surface area contributed by atoms with Crippen molar-refractivity contribution in [3.63, 3.8) is 0 Å². The first-order valence-electron chi connectivity index (χ1n) is 4.69. The van der Waals surface area contributed by atoms with Crippen LogP contribution in [-0.2, 0) is 0 Å². The molecule has 0 fully saturated rings. The molecule has 4 heteroatoms. The van der Waals surface area contributed by atoms with Crippen LogP contribution >= 0.6 is 23.2 Å². The van der Waals surface area contributed by atoms with Crippen LogP contribution in [0.15, 0.2) is 23.3 Å². The van der Waals surface area contributed by atoms with E-state index in [-0.39, 0.29) is 21.6 Å². The molecule has 0 amide bonds. The van der Waals surface area contributed by atoms with Crippen molar-refractivity contribution in [1.82, 2.24) is 0 Å². The molecule has 0 bridgehead atoms. The Morgan fingerprint density at radius 1 is 0.812 bits per heavy atom. The normalized spacial score (nSPS) is 15.5. The molecule has 1 aliphatic rings. The Morgan fingerprint density at radius 2 is 1.12 bits per heavy atom. The second-order valence-electron chi connectivity index (χ2n) is 3.72. The van der Waals surface area contributed by atoms with Crippen molar-refractivity contribution in [3.8, 4) is 0 Å². The lowest BCUT2D eigenvalue weighted by Crippen LogP contribution is -2.19. The molecule has 2 nitrogen and oxygen atoms in total. The van der Waals surface area contributed by atoms with Gasteiger partial charge in [0.25, 0.3) is 0 Å². The third-order valence-corrected chi connectivity index (χ3v) is 3.52. The van der Waals surface area contributed by atoms with Gasteiger partial charge in [0.15, 0.2) is 11.6 Å². The van der Waals surface area contributed by atoms with Crippen molar-refractivity contribution in [1.29, 1.82) is 0 Å². The van der Waals surface area contributed by atoms with Gasteiger partial charge in [-0.3, -0.25) is 9.59 Å². The number of halogens is 2. The van der Waals surface area contributed by atoms with Crippen LogP contribution in [-0.4, -0.2) is 11.6 Å². The van der Waals surface area contributed by atoms with Gasteiger partial charge in [0, 0.05) is 22.3 Å². The molecule has 0 N–H and O–H groups in total. The number of carbonyl (C=O) groups is 2. The smallest absolute Gasteiger partial charge is 0.189 e. The minimum atomic E-state index is -0.161. The summed E-state index contributed by atoms with van der Waals surface area (Å²) in [5, 5.41) is 0.572. The summed E-state index contributed by atoms with van der Waals surface area (Å²) in [7, 11) is 0. The molecule has 0 saturated heterocycles. The lowest BCUT2D eigenvalue weighted by molar-refractivity contribution is 0.0975. The van der Waals surface area contributed by atoms with Crippen molar-refractivity contribution < 1.29 is 9.59 Å². The second-order valence-corrected chi connectivity index (χ2v) is 4.53. The largest absolute Gasteiger partial charge is 0.289 e. The van der Waals surface area contributed by atoms with Gasteiger partial charge in [-0.1, -0.05) is 23.2 Å². The van der Waals surface area contributed by atoms with Crippen LogP contribution < -0.4 is 0 Å². The van der Waals surface area contributed by atoms with E-state index in [1.165, 1.54) is 12.1 Å². The van der Waals surface area contributed by atoms with Crippen molar-refractivity contribution in [2.45, 2.75) is 13.8 Å². The molecular weight excluding hydrogens is 247 g/mol. The Labute approximate surface area is 103 Å². The van der Waals surface area contributed by atoms with E-state index >= 15 is 0 Å². The zero-order valence-corrected chi connectivity index (χ0v) is 10.2. The van der Waals surface area contributed by atoms with E-state index in [1.54, 1.807) is 13.8 Å². The molecule has 16 heavy (non-hydrogen) atoms. The highest BCUT2D eigenvalue weighted by Crippen LogP contribution is 2.32. The number of ketones is 2. The molecule has 82 valence electrons. The van der Waals surface area contributed by atoms with E-state index in [9.17, 15) is 9.59 Å². The standard InChI is InChI=1S/C12H8Cl2O2/c1-5-6(2)12(16)8-4-10(14)9(13)3-7(8)11(5)15/h3-4H,1-2H3. The summed E-state index contributed by atoms with van der Waals surface area (Å²) < 4.78 is 0. The van der Waals surface area contributed by atoms with Crippen LogP contribution in [0.5, 0.6) is 0 Å². The number of hydrogen-bond acceptors (Lipinski definition) is 2. The van der Waals surface area contributed by atoms with Gasteiger partial charge >= 0.3 is 0 Å². The summed E-state index contributed by atoms with van der Waals surface area (Å²) in [6.07, 6.45) is 0. The summed E-state index contributed by atoms with van der Waals surface area (Å²) in [5.41, 5.74) is 1.61. The van der Waals surface area contributed by atoms with Gasteiger partial charge < -0.3 is 0 Å². The molecule has 0 radical (unpaired) electrons. The van der Waals surface area contributed by atoms with Crippen LogP contribution in [0.3, 0.4) is 0 Å². The molecule has 1 aromatic carbocycles. The van der Waals surface area contributed by atoms with E-state index in [0.29, 0.717) is 22.3 Å². The van der Waals surface area contributed by atoms with E-state index in [1.807, 2.05) is 0 Å². The minimum Gasteiger partial charge on any atom is -0.289 e. The van der Waals surface area contributed by atoms with Crippen molar-refractivity contribution in [2.24, 2.45) is 0 Å². The Kier molecular flexibility index (Phi) is 2.64. The number of Topliss-reactive ketones (excluding diaryl/α,β-unsaturated/α-hetero) is 2. The van der Waals surface area contributed by atoms with Crippen LogP contribution in [0.1, 0.15) is 34.6 Å². The quantitative estimate of drug-likeness (QED) is 0.708. The minimum absolute atomic E-state index is 0.161. The summed E-state index contributed by atoms with van der Waals surface area (Å²) in [6.45, 7) is 3.28. The highest BCUT2D eigenvalue weighted by atomic mass is 35.5. The van der Waals surface area contributed by atoms with Gasteiger partial charge in [-0.25, -0.2) is 0 Å².